The van der Waals surface area contributed by atoms with E-state index < -0.39 is 6.04 Å². The largest absolute Gasteiger partial charge is 0.468 e. The van der Waals surface area contributed by atoms with Gasteiger partial charge in [0.1, 0.15) is 11.9 Å². The van der Waals surface area contributed by atoms with Crippen LogP contribution in [0.3, 0.4) is 0 Å². The summed E-state index contributed by atoms with van der Waals surface area (Å²) in [5.41, 5.74) is 0.741. The third-order valence-electron chi connectivity index (χ3n) is 3.02. The van der Waals surface area contributed by atoms with Gasteiger partial charge in [0.15, 0.2) is 0 Å². The van der Waals surface area contributed by atoms with Crippen molar-refractivity contribution in [3.05, 3.63) is 35.6 Å². The molecule has 0 amide bonds. The van der Waals surface area contributed by atoms with Crippen LogP contribution >= 0.6 is 0 Å². The van der Waals surface area contributed by atoms with E-state index in [-0.39, 0.29) is 11.8 Å². The summed E-state index contributed by atoms with van der Waals surface area (Å²) in [7, 11) is 1.36. The summed E-state index contributed by atoms with van der Waals surface area (Å²) >= 11 is 0. The molecule has 98 valence electrons. The number of hydrogen-bond donors (Lipinski definition) is 0. The van der Waals surface area contributed by atoms with E-state index in [1.165, 1.54) is 19.2 Å². The zero-order chi connectivity index (χ0) is 13.0. The lowest BCUT2D eigenvalue weighted by Gasteiger charge is -2.32. The minimum atomic E-state index is -0.487. The lowest BCUT2D eigenvalue weighted by molar-refractivity contribution is -0.149. The molecule has 1 atom stereocenters. The van der Waals surface area contributed by atoms with E-state index in [9.17, 15) is 9.18 Å². The maximum Gasteiger partial charge on any atom is 0.327 e. The fraction of sp³-hybridized carbons (Fsp3) is 0.462. The van der Waals surface area contributed by atoms with Crippen molar-refractivity contribution in [2.24, 2.45) is 0 Å². The molecular weight excluding hydrogens is 237 g/mol. The normalized spacial score (nSPS) is 18.3. The van der Waals surface area contributed by atoms with Crippen molar-refractivity contribution < 1.29 is 18.7 Å². The lowest BCUT2D eigenvalue weighted by atomic mass is 10.0. The van der Waals surface area contributed by atoms with Gasteiger partial charge in [0.05, 0.1) is 20.3 Å². The molecule has 0 N–H and O–H groups in total. The Morgan fingerprint density at radius 2 is 1.94 bits per heavy atom. The van der Waals surface area contributed by atoms with Gasteiger partial charge >= 0.3 is 5.97 Å². The van der Waals surface area contributed by atoms with Gasteiger partial charge in [-0.25, -0.2) is 9.18 Å². The minimum absolute atomic E-state index is 0.315. The summed E-state index contributed by atoms with van der Waals surface area (Å²) in [6, 6.07) is 5.45. The highest BCUT2D eigenvalue weighted by Crippen LogP contribution is 2.23. The smallest absolute Gasteiger partial charge is 0.327 e. The van der Waals surface area contributed by atoms with Crippen molar-refractivity contribution in [1.82, 2.24) is 4.90 Å². The summed E-state index contributed by atoms with van der Waals surface area (Å²) in [4.78, 5) is 13.9. The van der Waals surface area contributed by atoms with E-state index in [0.717, 1.165) is 5.56 Å². The van der Waals surface area contributed by atoms with Crippen LogP contribution in [0.1, 0.15) is 11.6 Å². The molecular formula is C13H16FNO3. The maximum absolute atomic E-state index is 12.9. The number of carbonyl (C=O) groups excluding carboxylic acids is 1. The van der Waals surface area contributed by atoms with Crippen LogP contribution in [0, 0.1) is 5.82 Å². The maximum atomic E-state index is 12.9. The Hall–Kier alpha value is -1.46. The molecule has 0 saturated carbocycles. The van der Waals surface area contributed by atoms with E-state index in [0.29, 0.717) is 26.3 Å². The molecule has 0 spiro atoms. The first kappa shape index (κ1) is 13.0. The molecule has 2 rings (SSSR count). The molecule has 1 aliphatic rings. The number of hydrogen-bond acceptors (Lipinski definition) is 4. The number of methoxy groups -OCH3 is 1. The van der Waals surface area contributed by atoms with Crippen LogP contribution in [0.25, 0.3) is 0 Å². The van der Waals surface area contributed by atoms with Gasteiger partial charge in [-0.1, -0.05) is 12.1 Å². The molecule has 1 unspecified atom stereocenters. The number of nitrogens with zero attached hydrogens (tertiary/aromatic N) is 1. The van der Waals surface area contributed by atoms with Crippen LogP contribution in [0.4, 0.5) is 4.39 Å². The molecule has 1 aromatic rings. The summed E-state index contributed by atoms with van der Waals surface area (Å²) in [5, 5.41) is 0. The van der Waals surface area contributed by atoms with E-state index in [1.807, 2.05) is 4.90 Å². The van der Waals surface area contributed by atoms with E-state index >= 15 is 0 Å². The average molecular weight is 253 g/mol. The Morgan fingerprint density at radius 1 is 1.33 bits per heavy atom. The summed E-state index contributed by atoms with van der Waals surface area (Å²) in [6.45, 7) is 2.51. The SMILES string of the molecule is COC(=O)C(c1ccc(F)cc1)N1CCOCC1. The first-order chi connectivity index (χ1) is 8.72. The standard InChI is InChI=1S/C13H16FNO3/c1-17-13(16)12(15-6-8-18-9-7-15)10-2-4-11(14)5-3-10/h2-5,12H,6-9H2,1H3. The second-order valence-electron chi connectivity index (χ2n) is 4.13. The van der Waals surface area contributed by atoms with Crippen LogP contribution in [0.2, 0.25) is 0 Å². The summed E-state index contributed by atoms with van der Waals surface area (Å²) in [6.07, 6.45) is 0. The van der Waals surface area contributed by atoms with E-state index in [2.05, 4.69) is 0 Å². The molecule has 1 aromatic carbocycles. The topological polar surface area (TPSA) is 38.8 Å². The predicted molar refractivity (Wildman–Crippen MR) is 63.5 cm³/mol. The second-order valence-corrected chi connectivity index (χ2v) is 4.13. The van der Waals surface area contributed by atoms with Crippen molar-refractivity contribution in [1.29, 1.82) is 0 Å². The zero-order valence-corrected chi connectivity index (χ0v) is 10.3. The molecule has 0 radical (unpaired) electrons. The van der Waals surface area contributed by atoms with Gasteiger partial charge in [0, 0.05) is 13.1 Å². The van der Waals surface area contributed by atoms with Gasteiger partial charge in [0.25, 0.3) is 0 Å². The molecule has 0 aromatic heterocycles. The lowest BCUT2D eigenvalue weighted by Crippen LogP contribution is -2.42. The van der Waals surface area contributed by atoms with E-state index in [1.54, 1.807) is 12.1 Å². The van der Waals surface area contributed by atoms with Crippen molar-refractivity contribution in [3.63, 3.8) is 0 Å². The Labute approximate surface area is 105 Å². The Kier molecular flexibility index (Phi) is 4.28. The predicted octanol–water partition coefficient (Wildman–Crippen LogP) is 1.37. The fourth-order valence-corrected chi connectivity index (χ4v) is 2.09. The molecule has 1 saturated heterocycles. The van der Waals surface area contributed by atoms with Crippen LogP contribution in [0.5, 0.6) is 0 Å². The average Bonchev–Trinajstić information content (AvgIpc) is 2.42. The van der Waals surface area contributed by atoms with Crippen LogP contribution in [-0.2, 0) is 14.3 Å². The second kappa shape index (κ2) is 5.93. The van der Waals surface area contributed by atoms with Gasteiger partial charge in [0.2, 0.25) is 0 Å². The van der Waals surface area contributed by atoms with Gasteiger partial charge in [-0.15, -0.1) is 0 Å². The number of ether oxygens (including phenoxy) is 2. The highest BCUT2D eigenvalue weighted by atomic mass is 19.1. The molecule has 0 bridgehead atoms. The first-order valence-electron chi connectivity index (χ1n) is 5.87. The molecule has 1 fully saturated rings. The molecule has 18 heavy (non-hydrogen) atoms. The number of halogens is 1. The zero-order valence-electron chi connectivity index (χ0n) is 10.3. The van der Waals surface area contributed by atoms with Gasteiger partial charge in [-0.3, -0.25) is 4.90 Å². The van der Waals surface area contributed by atoms with Crippen LogP contribution in [-0.4, -0.2) is 44.3 Å². The highest BCUT2D eigenvalue weighted by molar-refractivity contribution is 5.77. The molecule has 5 heteroatoms. The molecule has 0 aliphatic carbocycles. The third-order valence-corrected chi connectivity index (χ3v) is 3.02. The molecule has 1 aliphatic heterocycles. The number of benzene rings is 1. The third kappa shape index (κ3) is 2.86. The molecule has 1 heterocycles. The fourth-order valence-electron chi connectivity index (χ4n) is 2.09. The van der Waals surface area contributed by atoms with Gasteiger partial charge in [-0.05, 0) is 17.7 Å². The Balaban J connectivity index is 2.23. The number of morpholine rings is 1. The van der Waals surface area contributed by atoms with E-state index in [4.69, 9.17) is 9.47 Å². The summed E-state index contributed by atoms with van der Waals surface area (Å²) in [5.74, 6) is -0.646. The van der Waals surface area contributed by atoms with Crippen molar-refractivity contribution in [2.45, 2.75) is 6.04 Å². The minimum Gasteiger partial charge on any atom is -0.468 e. The van der Waals surface area contributed by atoms with Crippen molar-refractivity contribution >= 4 is 5.97 Å². The quantitative estimate of drug-likeness (QED) is 0.763. The number of carbonyl (C=O) groups is 1. The van der Waals surface area contributed by atoms with Crippen LogP contribution in [0.15, 0.2) is 24.3 Å². The van der Waals surface area contributed by atoms with Gasteiger partial charge in [-0.2, -0.15) is 0 Å². The Morgan fingerprint density at radius 3 is 2.50 bits per heavy atom. The summed E-state index contributed by atoms with van der Waals surface area (Å²) < 4.78 is 23.0. The Bertz CT molecular complexity index is 401. The number of rotatable bonds is 3. The first-order valence-corrected chi connectivity index (χ1v) is 5.87. The van der Waals surface area contributed by atoms with Crippen LogP contribution < -0.4 is 0 Å². The van der Waals surface area contributed by atoms with Crippen molar-refractivity contribution in [2.75, 3.05) is 33.4 Å². The molecule has 4 nitrogen and oxygen atoms in total. The monoisotopic (exact) mass is 253 g/mol. The van der Waals surface area contributed by atoms with Crippen molar-refractivity contribution in [3.8, 4) is 0 Å². The number of esters is 1. The highest BCUT2D eigenvalue weighted by Gasteiger charge is 2.29. The van der Waals surface area contributed by atoms with Gasteiger partial charge < -0.3 is 9.47 Å².